The molecular weight excluding hydrogens is 495 g/mol. The van der Waals surface area contributed by atoms with Crippen LogP contribution in [0.5, 0.6) is 0 Å². The fourth-order valence-electron chi connectivity index (χ4n) is 5.17. The first-order valence-corrected chi connectivity index (χ1v) is 12.3. The molecular formula is C20H24F3N5O6S. The second-order valence-electron chi connectivity index (χ2n) is 8.74. The van der Waals surface area contributed by atoms with Gasteiger partial charge in [0.2, 0.25) is 5.78 Å². The van der Waals surface area contributed by atoms with Crippen LogP contribution in [0.25, 0.3) is 0 Å². The Kier molecular flexibility index (Phi) is 6.78. The molecule has 192 valence electrons. The third kappa shape index (κ3) is 4.85. The Morgan fingerprint density at radius 3 is 2.46 bits per heavy atom. The monoisotopic (exact) mass is 519 g/mol. The predicted molar refractivity (Wildman–Crippen MR) is 115 cm³/mol. The summed E-state index contributed by atoms with van der Waals surface area (Å²) in [5.41, 5.74) is -0.314. The summed E-state index contributed by atoms with van der Waals surface area (Å²) in [6.45, 7) is 1.68. The van der Waals surface area contributed by atoms with Crippen LogP contribution < -0.4 is 20.7 Å². The summed E-state index contributed by atoms with van der Waals surface area (Å²) in [6.07, 6.45) is -0.667. The van der Waals surface area contributed by atoms with Crippen molar-refractivity contribution in [3.8, 4) is 0 Å². The molecule has 1 aromatic rings. The molecule has 35 heavy (non-hydrogen) atoms. The van der Waals surface area contributed by atoms with Gasteiger partial charge in [-0.15, -0.1) is 0 Å². The van der Waals surface area contributed by atoms with Crippen molar-refractivity contribution in [1.29, 1.82) is 0 Å². The number of urea groups is 1. The highest BCUT2D eigenvalue weighted by Gasteiger charge is 2.54. The van der Waals surface area contributed by atoms with Crippen molar-refractivity contribution in [3.05, 3.63) is 29.6 Å². The van der Waals surface area contributed by atoms with Crippen molar-refractivity contribution in [3.63, 3.8) is 0 Å². The van der Waals surface area contributed by atoms with E-state index < -0.39 is 81.7 Å². The van der Waals surface area contributed by atoms with Crippen molar-refractivity contribution in [2.45, 2.75) is 50.0 Å². The molecule has 0 bridgehead atoms. The Morgan fingerprint density at radius 1 is 1.17 bits per heavy atom. The molecule has 3 aliphatic heterocycles. The Labute approximate surface area is 199 Å². The van der Waals surface area contributed by atoms with Crippen LogP contribution in [0.1, 0.15) is 19.8 Å². The highest BCUT2D eigenvalue weighted by atomic mass is 32.2. The molecule has 3 amide bonds. The smallest absolute Gasteiger partial charge is 0.336 e. The molecule has 4 rings (SSSR count). The van der Waals surface area contributed by atoms with Gasteiger partial charge in [0.15, 0.2) is 17.5 Å². The number of benzene rings is 1. The van der Waals surface area contributed by atoms with Crippen LogP contribution in [-0.4, -0.2) is 74.9 Å². The Balaban J connectivity index is 1.60. The van der Waals surface area contributed by atoms with Crippen molar-refractivity contribution in [2.75, 3.05) is 18.9 Å². The molecule has 3 aliphatic rings. The zero-order valence-corrected chi connectivity index (χ0v) is 19.5. The molecule has 0 saturated carbocycles. The van der Waals surface area contributed by atoms with E-state index in [-0.39, 0.29) is 18.7 Å². The lowest BCUT2D eigenvalue weighted by atomic mass is 9.86. The van der Waals surface area contributed by atoms with E-state index in [2.05, 4.69) is 20.7 Å². The zero-order valence-electron chi connectivity index (χ0n) is 18.7. The van der Waals surface area contributed by atoms with Gasteiger partial charge in [-0.1, -0.05) is 0 Å². The molecule has 15 heteroatoms. The van der Waals surface area contributed by atoms with Crippen LogP contribution in [0.2, 0.25) is 0 Å². The van der Waals surface area contributed by atoms with E-state index in [1.807, 2.05) is 0 Å². The number of carbonyl (C=O) groups is 3. The van der Waals surface area contributed by atoms with E-state index in [0.29, 0.717) is 18.6 Å². The minimum absolute atomic E-state index is 0.0737. The van der Waals surface area contributed by atoms with Crippen LogP contribution in [-0.2, 0) is 24.1 Å². The summed E-state index contributed by atoms with van der Waals surface area (Å²) >= 11 is 0. The zero-order chi connectivity index (χ0) is 25.7. The van der Waals surface area contributed by atoms with Gasteiger partial charge in [-0.3, -0.25) is 13.8 Å². The number of hydrogen-bond donors (Lipinski definition) is 4. The average molecular weight is 520 g/mol. The van der Waals surface area contributed by atoms with Crippen LogP contribution >= 0.6 is 0 Å². The fourth-order valence-corrected chi connectivity index (χ4v) is 6.34. The first-order valence-electron chi connectivity index (χ1n) is 10.9. The summed E-state index contributed by atoms with van der Waals surface area (Å²) in [6, 6.07) is -2.76. The predicted octanol–water partition coefficient (Wildman–Crippen LogP) is -0.00640. The standard InChI is InChI=1S/C20H24F3N5O6S/c1-8-17-10(3-4-28(17)20(31)25-9-5-11(21)15(23)12(22)6-9)16-14(34-35(32,33)27-8)7-13(26-16)18(29)19(30)24-2/h5-6,8,10,13-14,16-17,26-27H,3-4,7H2,1-2H3,(H,24,30)(H,25,31). The average Bonchev–Trinajstić information content (AvgIpc) is 3.39. The van der Waals surface area contributed by atoms with Crippen molar-refractivity contribution < 1.29 is 40.2 Å². The van der Waals surface area contributed by atoms with Crippen LogP contribution in [0.15, 0.2) is 12.1 Å². The summed E-state index contributed by atoms with van der Waals surface area (Å²) in [4.78, 5) is 38.6. The number of anilines is 1. The maximum Gasteiger partial charge on any atom is 0.336 e. The van der Waals surface area contributed by atoms with Gasteiger partial charge in [-0.25, -0.2) is 18.0 Å². The lowest BCUT2D eigenvalue weighted by Gasteiger charge is -2.39. The molecule has 3 saturated heterocycles. The van der Waals surface area contributed by atoms with Gasteiger partial charge in [0, 0.05) is 49.4 Å². The summed E-state index contributed by atoms with van der Waals surface area (Å²) in [7, 11) is -2.99. The van der Waals surface area contributed by atoms with Crippen molar-refractivity contribution in [1.82, 2.24) is 20.3 Å². The Hall–Kier alpha value is -2.75. The number of halogens is 3. The van der Waals surface area contributed by atoms with Crippen LogP contribution in [0, 0.1) is 23.4 Å². The molecule has 0 aliphatic carbocycles. The van der Waals surface area contributed by atoms with Gasteiger partial charge in [0.1, 0.15) is 0 Å². The Bertz CT molecular complexity index is 1140. The molecule has 4 N–H and O–H groups in total. The first-order chi connectivity index (χ1) is 16.4. The number of likely N-dealkylation sites (tertiary alicyclic amines) is 1. The number of Topliss-reactive ketones (excluding diaryl/α,β-unsaturated/α-hetero) is 1. The summed E-state index contributed by atoms with van der Waals surface area (Å²) < 4.78 is 73.1. The van der Waals surface area contributed by atoms with E-state index >= 15 is 0 Å². The molecule has 6 atom stereocenters. The number of ketones is 1. The van der Waals surface area contributed by atoms with E-state index in [1.54, 1.807) is 0 Å². The van der Waals surface area contributed by atoms with Gasteiger partial charge in [0.05, 0.1) is 18.2 Å². The number of rotatable bonds is 3. The quantitative estimate of drug-likeness (QED) is 0.325. The third-order valence-electron chi connectivity index (χ3n) is 6.58. The van der Waals surface area contributed by atoms with Gasteiger partial charge < -0.3 is 20.9 Å². The number of nitrogens with zero attached hydrogens (tertiary/aromatic N) is 1. The van der Waals surface area contributed by atoms with Crippen LogP contribution in [0.4, 0.5) is 23.7 Å². The lowest BCUT2D eigenvalue weighted by Crippen LogP contribution is -2.59. The third-order valence-corrected chi connectivity index (χ3v) is 7.74. The second kappa shape index (κ2) is 9.37. The van der Waals surface area contributed by atoms with Gasteiger partial charge in [-0.05, 0) is 19.8 Å². The molecule has 11 nitrogen and oxygen atoms in total. The molecule has 3 fully saturated rings. The van der Waals surface area contributed by atoms with Crippen molar-refractivity contribution in [2.24, 2.45) is 5.92 Å². The minimum Gasteiger partial charge on any atom is -0.353 e. The van der Waals surface area contributed by atoms with E-state index in [1.165, 1.54) is 18.9 Å². The number of fused-ring (bicyclic) bond motifs is 3. The van der Waals surface area contributed by atoms with Gasteiger partial charge >= 0.3 is 16.3 Å². The fraction of sp³-hybridized carbons (Fsp3) is 0.550. The number of nitrogens with one attached hydrogen (secondary N) is 4. The summed E-state index contributed by atoms with van der Waals surface area (Å²) in [5.74, 6) is -6.64. The first kappa shape index (κ1) is 25.3. The molecule has 3 heterocycles. The normalized spacial score (nSPS) is 31.6. The van der Waals surface area contributed by atoms with Gasteiger partial charge in [-0.2, -0.15) is 13.1 Å². The second-order valence-corrected chi connectivity index (χ2v) is 10.1. The highest BCUT2D eigenvalue weighted by Crippen LogP contribution is 2.38. The number of likely N-dealkylation sites (N-methyl/N-ethyl adjacent to an activating group) is 1. The number of hydrogen-bond acceptors (Lipinski definition) is 7. The molecule has 0 aromatic heterocycles. The number of carbonyl (C=O) groups excluding carboxylic acids is 3. The van der Waals surface area contributed by atoms with E-state index in [4.69, 9.17) is 4.18 Å². The summed E-state index contributed by atoms with van der Waals surface area (Å²) in [5, 5.41) is 7.56. The topological polar surface area (TPSA) is 146 Å². The van der Waals surface area contributed by atoms with Crippen LogP contribution in [0.3, 0.4) is 0 Å². The van der Waals surface area contributed by atoms with Gasteiger partial charge in [0.25, 0.3) is 5.91 Å². The molecule has 0 spiro atoms. The molecule has 1 aromatic carbocycles. The largest absolute Gasteiger partial charge is 0.353 e. The Morgan fingerprint density at radius 2 is 1.83 bits per heavy atom. The lowest BCUT2D eigenvalue weighted by molar-refractivity contribution is -0.138. The van der Waals surface area contributed by atoms with E-state index in [9.17, 15) is 36.0 Å². The SMILES string of the molecule is CNC(=O)C(=O)C1CC2OS(=O)(=O)NC(C)C3C(CCN3C(=O)Nc3cc(F)c(F)c(F)c3)C2N1. The van der Waals surface area contributed by atoms with Crippen molar-refractivity contribution >= 4 is 33.7 Å². The minimum atomic E-state index is -4.28. The maximum atomic E-state index is 13.6. The molecule has 6 unspecified atom stereocenters. The molecule has 0 radical (unpaired) electrons. The van der Waals surface area contributed by atoms with E-state index in [0.717, 1.165) is 0 Å². The highest BCUT2D eigenvalue weighted by molar-refractivity contribution is 7.84. The maximum absolute atomic E-state index is 13.6. The number of amides is 3.